The molecule has 0 radical (unpaired) electrons. The summed E-state index contributed by atoms with van der Waals surface area (Å²) in [5.41, 5.74) is 7.76. The average Bonchev–Trinajstić information content (AvgIpc) is 3.39. The van der Waals surface area contributed by atoms with Gasteiger partial charge in [0, 0.05) is 32.3 Å². The number of fused-ring (bicyclic) bond motifs is 1. The number of thiocarbonyl (C=S) groups is 1. The summed E-state index contributed by atoms with van der Waals surface area (Å²) in [6.07, 6.45) is 4.29. The molecule has 2 aliphatic heterocycles. The number of nitrogens with two attached hydrogens (primary N) is 1. The molecule has 2 amide bonds. The van der Waals surface area contributed by atoms with Crippen LogP contribution in [0.3, 0.4) is 0 Å². The quantitative estimate of drug-likeness (QED) is 0.268. The van der Waals surface area contributed by atoms with Gasteiger partial charge in [0.15, 0.2) is 4.32 Å². The van der Waals surface area contributed by atoms with E-state index >= 15 is 0 Å². The van der Waals surface area contributed by atoms with E-state index in [0.29, 0.717) is 48.8 Å². The van der Waals surface area contributed by atoms with Gasteiger partial charge in [-0.25, -0.2) is 9.67 Å². The topological polar surface area (TPSA) is 128 Å². The highest BCUT2D eigenvalue weighted by molar-refractivity contribution is 8.27. The third-order valence-corrected chi connectivity index (χ3v) is 9.30. The lowest BCUT2D eigenvalue weighted by atomic mass is 9.96. The second-order valence-electron chi connectivity index (χ2n) is 10.7. The molecule has 0 spiro atoms. The summed E-state index contributed by atoms with van der Waals surface area (Å²) in [5, 5.41) is 0. The van der Waals surface area contributed by atoms with E-state index in [2.05, 4.69) is 0 Å². The lowest BCUT2D eigenvalue weighted by molar-refractivity contribution is -0.122. The highest BCUT2D eigenvalue weighted by atomic mass is 32.2. The number of benzene rings is 1. The van der Waals surface area contributed by atoms with Gasteiger partial charge in [-0.2, -0.15) is 0 Å². The number of anilines is 2. The maximum Gasteiger partial charge on any atom is 0.296 e. The number of pyridine rings is 1. The fourth-order valence-corrected chi connectivity index (χ4v) is 6.85. The van der Waals surface area contributed by atoms with Crippen LogP contribution < -0.4 is 26.7 Å². The van der Waals surface area contributed by atoms with Crippen LogP contribution in [0.5, 0.6) is 0 Å². The van der Waals surface area contributed by atoms with Crippen molar-refractivity contribution in [2.24, 2.45) is 18.7 Å². The Morgan fingerprint density at radius 1 is 1.05 bits per heavy atom. The number of rotatable bonds is 5. The van der Waals surface area contributed by atoms with Gasteiger partial charge in [-0.15, -0.1) is 0 Å². The maximum atomic E-state index is 13.9. The van der Waals surface area contributed by atoms with E-state index in [4.69, 9.17) is 22.9 Å². The molecule has 0 aliphatic carbocycles. The highest BCUT2D eigenvalue weighted by Crippen LogP contribution is 2.37. The van der Waals surface area contributed by atoms with E-state index in [0.717, 1.165) is 17.3 Å². The number of hydrogen-bond donors (Lipinski definition) is 1. The number of nitrogens with zero attached hydrogens (tertiary/aromatic N) is 6. The zero-order valence-corrected chi connectivity index (χ0v) is 25.4. The van der Waals surface area contributed by atoms with Crippen molar-refractivity contribution in [3.63, 3.8) is 0 Å². The Kier molecular flexibility index (Phi) is 7.30. The van der Waals surface area contributed by atoms with Crippen LogP contribution in [0.25, 0.3) is 17.4 Å². The summed E-state index contributed by atoms with van der Waals surface area (Å²) in [5.74, 6) is -0.653. The monoisotopic (exact) mass is 615 g/mol. The molecule has 11 nitrogen and oxygen atoms in total. The Hall–Kier alpha value is -4.49. The Morgan fingerprint density at radius 3 is 2.42 bits per heavy atom. The van der Waals surface area contributed by atoms with Crippen molar-refractivity contribution in [3.05, 3.63) is 91.1 Å². The van der Waals surface area contributed by atoms with Crippen LogP contribution in [-0.4, -0.2) is 48.0 Å². The van der Waals surface area contributed by atoms with Gasteiger partial charge in [0.2, 0.25) is 5.91 Å². The van der Waals surface area contributed by atoms with Crippen molar-refractivity contribution in [2.75, 3.05) is 22.9 Å². The number of thioether (sulfide) groups is 1. The molecule has 1 aromatic carbocycles. The molecule has 0 bridgehead atoms. The summed E-state index contributed by atoms with van der Waals surface area (Å²) in [4.78, 5) is 61.5. The van der Waals surface area contributed by atoms with E-state index in [-0.39, 0.29) is 43.4 Å². The number of hydrogen-bond acceptors (Lipinski definition) is 8. The fourth-order valence-electron chi connectivity index (χ4n) is 5.59. The van der Waals surface area contributed by atoms with Crippen molar-refractivity contribution in [1.29, 1.82) is 0 Å². The Morgan fingerprint density at radius 2 is 1.74 bits per heavy atom. The van der Waals surface area contributed by atoms with E-state index in [1.807, 2.05) is 48.2 Å². The first-order chi connectivity index (χ1) is 20.6. The van der Waals surface area contributed by atoms with Gasteiger partial charge < -0.3 is 10.6 Å². The molecule has 4 aromatic rings. The molecule has 5 heterocycles. The van der Waals surface area contributed by atoms with Crippen molar-refractivity contribution in [3.8, 4) is 5.69 Å². The number of primary amides is 1. The van der Waals surface area contributed by atoms with Crippen molar-refractivity contribution >= 4 is 63.3 Å². The molecule has 2 aliphatic rings. The third-order valence-electron chi connectivity index (χ3n) is 8.00. The molecular weight excluding hydrogens is 587 g/mol. The number of aryl methyl sites for hydroxylation is 1. The lowest BCUT2D eigenvalue weighted by Crippen LogP contribution is -2.40. The number of piperidine rings is 1. The van der Waals surface area contributed by atoms with Crippen molar-refractivity contribution in [2.45, 2.75) is 26.7 Å². The molecule has 0 unspecified atom stereocenters. The summed E-state index contributed by atoms with van der Waals surface area (Å²) in [7, 11) is 1.75. The molecule has 0 atom stereocenters. The zero-order valence-electron chi connectivity index (χ0n) is 23.8. The van der Waals surface area contributed by atoms with Crippen LogP contribution in [0.4, 0.5) is 11.5 Å². The van der Waals surface area contributed by atoms with Gasteiger partial charge >= 0.3 is 0 Å². The average molecular weight is 616 g/mol. The first kappa shape index (κ1) is 28.6. The van der Waals surface area contributed by atoms with Gasteiger partial charge in [-0.1, -0.05) is 48.2 Å². The summed E-state index contributed by atoms with van der Waals surface area (Å²) < 4.78 is 4.82. The summed E-state index contributed by atoms with van der Waals surface area (Å²) in [6, 6.07) is 12.8. The molecule has 2 N–H and O–H groups in total. The molecule has 6 rings (SSSR count). The van der Waals surface area contributed by atoms with Gasteiger partial charge in [0.25, 0.3) is 17.0 Å². The number of carbonyl (C=O) groups is 2. The molecule has 2 fully saturated rings. The van der Waals surface area contributed by atoms with Crippen LogP contribution in [-0.2, 0) is 16.6 Å². The molecule has 2 saturated heterocycles. The Balaban J connectivity index is 1.45. The van der Waals surface area contributed by atoms with Crippen molar-refractivity contribution < 1.29 is 9.59 Å². The second kappa shape index (κ2) is 11.0. The smallest absolute Gasteiger partial charge is 0.296 e. The maximum absolute atomic E-state index is 13.9. The molecule has 220 valence electrons. The molecule has 3 aromatic heterocycles. The van der Waals surface area contributed by atoms with Crippen LogP contribution in [0.2, 0.25) is 0 Å². The SMILES string of the molecule is Cc1ccc2nc(N3CCC(C(N)=O)CC3)c(C=C3SC(=S)N(c4c(C)n(C)n(-c5ccccc5)c4=O)C3=O)c(=O)n2c1. The fraction of sp³-hybridized carbons (Fsp3) is 0.267. The first-order valence-electron chi connectivity index (χ1n) is 13.8. The first-order valence-corrected chi connectivity index (χ1v) is 15.0. The van der Waals surface area contributed by atoms with Crippen LogP contribution in [0.15, 0.2) is 63.2 Å². The molecule has 43 heavy (non-hydrogen) atoms. The van der Waals surface area contributed by atoms with Gasteiger partial charge in [0.1, 0.15) is 17.2 Å². The normalized spacial score (nSPS) is 17.0. The third kappa shape index (κ3) is 4.87. The Bertz CT molecular complexity index is 1970. The predicted molar refractivity (Wildman–Crippen MR) is 172 cm³/mol. The van der Waals surface area contributed by atoms with E-state index in [1.54, 1.807) is 30.9 Å². The van der Waals surface area contributed by atoms with Gasteiger partial charge in [0.05, 0.1) is 21.8 Å². The largest absolute Gasteiger partial charge is 0.369 e. The number of amides is 2. The van der Waals surface area contributed by atoms with E-state index < -0.39 is 5.91 Å². The standard InChI is InChI=1S/C30H29N7O4S2/c1-17-9-10-23-32-26(34-13-11-19(12-14-34)25(31)38)21(27(39)35(23)16-17)15-22-28(40)36(30(42)43-22)24-18(2)33(3)37(29(24)41)20-7-5-4-6-8-20/h4-10,15-16,19H,11-14H2,1-3H3,(H2,31,38). The van der Waals surface area contributed by atoms with E-state index in [1.165, 1.54) is 20.1 Å². The molecular formula is C30H29N7O4S2. The van der Waals surface area contributed by atoms with Crippen LogP contribution in [0.1, 0.15) is 29.7 Å². The summed E-state index contributed by atoms with van der Waals surface area (Å²) in [6.45, 7) is 4.59. The minimum atomic E-state index is -0.492. The van der Waals surface area contributed by atoms with Gasteiger partial charge in [-0.05, 0) is 56.5 Å². The molecule has 0 saturated carbocycles. The number of para-hydroxylation sites is 1. The summed E-state index contributed by atoms with van der Waals surface area (Å²) >= 11 is 6.65. The van der Waals surface area contributed by atoms with Crippen molar-refractivity contribution in [1.82, 2.24) is 18.7 Å². The van der Waals surface area contributed by atoms with E-state index in [9.17, 15) is 19.2 Å². The van der Waals surface area contributed by atoms with Crippen LogP contribution in [0, 0.1) is 19.8 Å². The highest BCUT2D eigenvalue weighted by Gasteiger charge is 2.38. The minimum absolute atomic E-state index is 0.162. The lowest BCUT2D eigenvalue weighted by Gasteiger charge is -2.32. The second-order valence-corrected chi connectivity index (χ2v) is 12.4. The minimum Gasteiger partial charge on any atom is -0.369 e. The Labute approximate surface area is 256 Å². The number of aromatic nitrogens is 4. The van der Waals surface area contributed by atoms with Gasteiger partial charge in [-0.3, -0.25) is 33.2 Å². The molecule has 13 heteroatoms. The predicted octanol–water partition coefficient (Wildman–Crippen LogP) is 2.91. The zero-order chi connectivity index (χ0) is 30.6. The number of carbonyl (C=O) groups excluding carboxylic acids is 2. The van der Waals surface area contributed by atoms with Crippen LogP contribution >= 0.6 is 24.0 Å².